The van der Waals surface area contributed by atoms with Crippen molar-refractivity contribution < 1.29 is 14.3 Å². The Labute approximate surface area is 129 Å². The molecule has 3 rings (SSSR count). The predicted octanol–water partition coefficient (Wildman–Crippen LogP) is 3.34. The molecule has 0 unspecified atom stereocenters. The summed E-state index contributed by atoms with van der Waals surface area (Å²) in [5.74, 6) is 1.52. The summed E-state index contributed by atoms with van der Waals surface area (Å²) in [7, 11) is 0. The minimum Gasteiger partial charge on any atom is -0.457 e. The highest BCUT2D eigenvalue weighted by molar-refractivity contribution is 5.89. The van der Waals surface area contributed by atoms with Gasteiger partial charge in [0.05, 0.1) is 13.2 Å². The van der Waals surface area contributed by atoms with Gasteiger partial charge in [0.25, 0.3) is 0 Å². The number of para-hydroxylation sites is 1. The summed E-state index contributed by atoms with van der Waals surface area (Å²) in [5.41, 5.74) is 0.747. The lowest BCUT2D eigenvalue weighted by Crippen LogP contribution is -2.43. The zero-order valence-electron chi connectivity index (χ0n) is 12.2. The molecule has 1 heterocycles. The lowest BCUT2D eigenvalue weighted by Gasteiger charge is -2.26. The molecule has 2 aromatic rings. The van der Waals surface area contributed by atoms with Gasteiger partial charge in [-0.3, -0.25) is 0 Å². The Kier molecular flexibility index (Phi) is 4.56. The Bertz CT molecular complexity index is 608. The molecule has 5 nitrogen and oxygen atoms in total. The Balaban J connectivity index is 1.58. The first kappa shape index (κ1) is 14.4. The van der Waals surface area contributed by atoms with Gasteiger partial charge >= 0.3 is 6.03 Å². The number of urea groups is 1. The molecular formula is C17H18N2O3. The number of hydrogen-bond acceptors (Lipinski definition) is 3. The third-order valence-corrected chi connectivity index (χ3v) is 3.38. The van der Waals surface area contributed by atoms with Crippen LogP contribution in [-0.4, -0.2) is 37.2 Å². The molecule has 0 bridgehead atoms. The van der Waals surface area contributed by atoms with E-state index in [9.17, 15) is 4.79 Å². The van der Waals surface area contributed by atoms with Crippen molar-refractivity contribution in [2.45, 2.75) is 0 Å². The summed E-state index contributed by atoms with van der Waals surface area (Å²) in [4.78, 5) is 13.8. The zero-order chi connectivity index (χ0) is 15.2. The molecule has 0 radical (unpaired) electrons. The van der Waals surface area contributed by atoms with E-state index in [0.29, 0.717) is 26.3 Å². The number of carbonyl (C=O) groups is 1. The van der Waals surface area contributed by atoms with Crippen molar-refractivity contribution in [2.24, 2.45) is 0 Å². The molecule has 0 atom stereocenters. The van der Waals surface area contributed by atoms with Crippen LogP contribution in [0.1, 0.15) is 0 Å². The molecule has 0 aliphatic carbocycles. The van der Waals surface area contributed by atoms with Gasteiger partial charge in [-0.2, -0.15) is 0 Å². The fourth-order valence-electron chi connectivity index (χ4n) is 2.20. The van der Waals surface area contributed by atoms with Crippen molar-refractivity contribution in [1.82, 2.24) is 4.90 Å². The summed E-state index contributed by atoms with van der Waals surface area (Å²) in [6, 6.07) is 16.8. The van der Waals surface area contributed by atoms with E-state index in [4.69, 9.17) is 9.47 Å². The molecule has 1 N–H and O–H groups in total. The van der Waals surface area contributed by atoms with Gasteiger partial charge in [-0.05, 0) is 36.4 Å². The Hall–Kier alpha value is -2.53. The molecular weight excluding hydrogens is 280 g/mol. The first-order valence-electron chi connectivity index (χ1n) is 7.28. The van der Waals surface area contributed by atoms with E-state index >= 15 is 0 Å². The molecule has 1 fully saturated rings. The molecule has 0 saturated carbocycles. The van der Waals surface area contributed by atoms with Crippen LogP contribution in [-0.2, 0) is 4.74 Å². The van der Waals surface area contributed by atoms with Crippen LogP contribution in [0.3, 0.4) is 0 Å². The zero-order valence-corrected chi connectivity index (χ0v) is 12.2. The lowest BCUT2D eigenvalue weighted by molar-refractivity contribution is 0.0564. The molecule has 1 saturated heterocycles. The van der Waals surface area contributed by atoms with Crippen molar-refractivity contribution in [1.29, 1.82) is 0 Å². The highest BCUT2D eigenvalue weighted by atomic mass is 16.5. The SMILES string of the molecule is O=C(Nc1ccc(Oc2ccccc2)cc1)N1CCOCC1. The molecule has 0 aromatic heterocycles. The molecule has 114 valence electrons. The summed E-state index contributed by atoms with van der Waals surface area (Å²) in [5, 5.41) is 2.88. The third kappa shape index (κ3) is 3.77. The number of morpholine rings is 1. The van der Waals surface area contributed by atoms with E-state index in [2.05, 4.69) is 5.32 Å². The van der Waals surface area contributed by atoms with Crippen LogP contribution in [0.2, 0.25) is 0 Å². The first-order chi connectivity index (χ1) is 10.8. The van der Waals surface area contributed by atoms with Gasteiger partial charge in [0.2, 0.25) is 0 Å². The number of benzene rings is 2. The third-order valence-electron chi connectivity index (χ3n) is 3.38. The van der Waals surface area contributed by atoms with Crippen molar-refractivity contribution in [3.63, 3.8) is 0 Å². The monoisotopic (exact) mass is 298 g/mol. The molecule has 1 aliphatic heterocycles. The Morgan fingerprint density at radius 3 is 2.27 bits per heavy atom. The van der Waals surface area contributed by atoms with Gasteiger partial charge in [0.1, 0.15) is 11.5 Å². The first-order valence-corrected chi connectivity index (χ1v) is 7.28. The normalized spacial score (nSPS) is 14.5. The maximum atomic E-state index is 12.1. The number of nitrogens with one attached hydrogen (secondary N) is 1. The summed E-state index contributed by atoms with van der Waals surface area (Å²) < 4.78 is 10.9. The summed E-state index contributed by atoms with van der Waals surface area (Å²) in [6.07, 6.45) is 0. The standard InChI is InChI=1S/C17H18N2O3/c20-17(19-10-12-21-13-11-19)18-14-6-8-16(9-7-14)22-15-4-2-1-3-5-15/h1-9H,10-13H2,(H,18,20). The molecule has 2 aromatic carbocycles. The molecule has 2 amide bonds. The second-order valence-corrected chi connectivity index (χ2v) is 4.97. The summed E-state index contributed by atoms with van der Waals surface area (Å²) in [6.45, 7) is 2.44. The maximum absolute atomic E-state index is 12.1. The number of carbonyl (C=O) groups excluding carboxylic acids is 1. The fraction of sp³-hybridized carbons (Fsp3) is 0.235. The number of nitrogens with zero attached hydrogens (tertiary/aromatic N) is 1. The highest BCUT2D eigenvalue weighted by Crippen LogP contribution is 2.22. The van der Waals surface area contributed by atoms with Gasteiger partial charge in [-0.15, -0.1) is 0 Å². The van der Waals surface area contributed by atoms with Crippen molar-refractivity contribution in [3.8, 4) is 11.5 Å². The van der Waals surface area contributed by atoms with Crippen LogP contribution in [0.4, 0.5) is 10.5 Å². The quantitative estimate of drug-likeness (QED) is 0.945. The van der Waals surface area contributed by atoms with Crippen LogP contribution in [0.15, 0.2) is 54.6 Å². The van der Waals surface area contributed by atoms with Crippen LogP contribution in [0, 0.1) is 0 Å². The van der Waals surface area contributed by atoms with E-state index in [-0.39, 0.29) is 6.03 Å². The topological polar surface area (TPSA) is 50.8 Å². The summed E-state index contributed by atoms with van der Waals surface area (Å²) >= 11 is 0. The van der Waals surface area contributed by atoms with Gasteiger partial charge in [-0.1, -0.05) is 18.2 Å². The minimum absolute atomic E-state index is 0.0972. The maximum Gasteiger partial charge on any atom is 0.321 e. The second kappa shape index (κ2) is 6.95. The van der Waals surface area contributed by atoms with E-state index in [1.54, 1.807) is 4.90 Å². The van der Waals surface area contributed by atoms with Crippen molar-refractivity contribution in [2.75, 3.05) is 31.6 Å². The largest absolute Gasteiger partial charge is 0.457 e. The Morgan fingerprint density at radius 1 is 0.955 bits per heavy atom. The van der Waals surface area contributed by atoms with E-state index in [0.717, 1.165) is 17.2 Å². The van der Waals surface area contributed by atoms with Gasteiger partial charge in [0.15, 0.2) is 0 Å². The van der Waals surface area contributed by atoms with Gasteiger partial charge in [0, 0.05) is 18.8 Å². The van der Waals surface area contributed by atoms with Gasteiger partial charge < -0.3 is 19.7 Å². The number of ether oxygens (including phenoxy) is 2. The average molecular weight is 298 g/mol. The van der Waals surface area contributed by atoms with Crippen LogP contribution < -0.4 is 10.1 Å². The van der Waals surface area contributed by atoms with Crippen molar-refractivity contribution in [3.05, 3.63) is 54.6 Å². The van der Waals surface area contributed by atoms with Crippen molar-refractivity contribution >= 4 is 11.7 Å². The molecule has 1 aliphatic rings. The minimum atomic E-state index is -0.0972. The van der Waals surface area contributed by atoms with Crippen LogP contribution in [0.25, 0.3) is 0 Å². The lowest BCUT2D eigenvalue weighted by atomic mass is 10.3. The fourth-order valence-corrected chi connectivity index (χ4v) is 2.20. The van der Waals surface area contributed by atoms with Crippen LogP contribution >= 0.6 is 0 Å². The number of anilines is 1. The van der Waals surface area contributed by atoms with E-state index < -0.39 is 0 Å². The number of amides is 2. The van der Waals surface area contributed by atoms with Gasteiger partial charge in [-0.25, -0.2) is 4.79 Å². The second-order valence-electron chi connectivity index (χ2n) is 4.97. The average Bonchev–Trinajstić information content (AvgIpc) is 2.58. The molecule has 22 heavy (non-hydrogen) atoms. The van der Waals surface area contributed by atoms with E-state index in [1.807, 2.05) is 54.6 Å². The molecule has 0 spiro atoms. The molecule has 5 heteroatoms. The number of hydrogen-bond donors (Lipinski definition) is 1. The van der Waals surface area contributed by atoms with Crippen LogP contribution in [0.5, 0.6) is 11.5 Å². The smallest absolute Gasteiger partial charge is 0.321 e. The van der Waals surface area contributed by atoms with E-state index in [1.165, 1.54) is 0 Å². The predicted molar refractivity (Wildman–Crippen MR) is 84.4 cm³/mol. The number of rotatable bonds is 3. The Morgan fingerprint density at radius 2 is 1.59 bits per heavy atom. The highest BCUT2D eigenvalue weighted by Gasteiger charge is 2.16.